The topological polar surface area (TPSA) is 52.6 Å². The fraction of sp³-hybridized carbons (Fsp3) is 0.281. The first-order valence-corrected chi connectivity index (χ1v) is 14.0. The monoisotopic (exact) mass is 508 g/mol. The molecule has 0 N–H and O–H groups in total. The van der Waals surface area contributed by atoms with Crippen LogP contribution in [0.5, 0.6) is 0 Å². The summed E-state index contributed by atoms with van der Waals surface area (Å²) in [6.45, 7) is 0.458. The van der Waals surface area contributed by atoms with Gasteiger partial charge in [0.25, 0.3) is 0 Å². The number of hydrogen-bond acceptors (Lipinski definition) is 4. The van der Waals surface area contributed by atoms with Crippen LogP contribution < -0.4 is 5.11 Å². The molecule has 2 fully saturated rings. The number of fused-ring (bicyclic) bond motifs is 3. The summed E-state index contributed by atoms with van der Waals surface area (Å²) in [4.78, 5) is 14.8. The minimum absolute atomic E-state index is 0.00818. The van der Waals surface area contributed by atoms with Crippen molar-refractivity contribution in [3.05, 3.63) is 114 Å². The van der Waals surface area contributed by atoms with Crippen LogP contribution in [0.2, 0.25) is 0 Å². The van der Waals surface area contributed by atoms with Crippen molar-refractivity contribution in [3.63, 3.8) is 0 Å². The summed E-state index contributed by atoms with van der Waals surface area (Å²) < 4.78 is 6.59. The van der Waals surface area contributed by atoms with Crippen molar-refractivity contribution >= 4 is 28.6 Å². The smallest absolute Gasteiger partial charge is 0.137 e. The molecule has 5 heteroatoms. The van der Waals surface area contributed by atoms with E-state index in [2.05, 4.69) is 78.9 Å². The summed E-state index contributed by atoms with van der Waals surface area (Å²) in [5.74, 6) is 1.07. The third kappa shape index (κ3) is 5.11. The van der Waals surface area contributed by atoms with Gasteiger partial charge in [-0.15, -0.1) is 11.8 Å². The second kappa shape index (κ2) is 10.6. The minimum Gasteiger partial charge on any atom is -0.530 e. The lowest BCUT2D eigenvalue weighted by atomic mass is 9.82. The molecule has 2 saturated heterocycles. The molecular formula is C32H30NO3S-. The Morgan fingerprint density at radius 1 is 0.865 bits per heavy atom. The van der Waals surface area contributed by atoms with Crippen LogP contribution in [0.1, 0.15) is 41.9 Å². The van der Waals surface area contributed by atoms with Crippen molar-refractivity contribution < 1.29 is 14.6 Å². The number of amides is 1. The summed E-state index contributed by atoms with van der Waals surface area (Å²) >= 11 is 1.83. The van der Waals surface area contributed by atoms with Crippen molar-refractivity contribution in [2.45, 2.75) is 60.6 Å². The van der Waals surface area contributed by atoms with Gasteiger partial charge in [-0.05, 0) is 64.9 Å². The highest BCUT2D eigenvalue weighted by Crippen LogP contribution is 2.45. The maximum Gasteiger partial charge on any atom is 0.137 e. The van der Waals surface area contributed by atoms with E-state index in [1.165, 1.54) is 26.8 Å². The highest BCUT2D eigenvalue weighted by molar-refractivity contribution is 7.98. The lowest BCUT2D eigenvalue weighted by Gasteiger charge is -2.46. The van der Waals surface area contributed by atoms with Gasteiger partial charge in [0.15, 0.2) is 0 Å². The Morgan fingerprint density at radius 2 is 1.59 bits per heavy atom. The standard InChI is InChI=1S/C32H31NO3S/c34-32(35)33-27-16-17-30(33)31(36-20-23-12-13-24-6-4-5-7-26(24)18-23)29(19-27)25-14-10-22(11-15-25)21-37-28-8-2-1-3-9-28/h1-15,18,27,29-31H,16-17,19-21H2,(H,34,35)/p-1. The van der Waals surface area contributed by atoms with Crippen LogP contribution in [0.4, 0.5) is 4.79 Å². The van der Waals surface area contributed by atoms with Gasteiger partial charge in [-0.2, -0.15) is 0 Å². The molecule has 6 rings (SSSR count). The molecule has 4 aromatic rings. The number of nitrogens with zero attached hydrogens (tertiary/aromatic N) is 1. The Labute approximate surface area is 222 Å². The molecule has 37 heavy (non-hydrogen) atoms. The summed E-state index contributed by atoms with van der Waals surface area (Å²) in [5, 5.41) is 14.4. The molecule has 4 nitrogen and oxygen atoms in total. The van der Waals surface area contributed by atoms with Crippen LogP contribution >= 0.6 is 11.8 Å². The van der Waals surface area contributed by atoms with E-state index in [0.29, 0.717) is 6.61 Å². The molecule has 0 saturated carbocycles. The van der Waals surface area contributed by atoms with E-state index < -0.39 is 6.09 Å². The van der Waals surface area contributed by atoms with Crippen LogP contribution in [0, 0.1) is 0 Å². The minimum atomic E-state index is -1.07. The lowest BCUT2D eigenvalue weighted by Crippen LogP contribution is -2.57. The number of ether oxygens (including phenoxy) is 1. The Bertz CT molecular complexity index is 1370. The number of thioether (sulfide) groups is 1. The molecule has 4 unspecified atom stereocenters. The van der Waals surface area contributed by atoms with Crippen molar-refractivity contribution in [1.82, 2.24) is 4.90 Å². The van der Waals surface area contributed by atoms with Gasteiger partial charge in [0.1, 0.15) is 6.09 Å². The van der Waals surface area contributed by atoms with Crippen molar-refractivity contribution in [3.8, 4) is 0 Å². The van der Waals surface area contributed by atoms with Crippen molar-refractivity contribution in [2.75, 3.05) is 0 Å². The Hall–Kier alpha value is -3.28. The third-order valence-corrected chi connectivity index (χ3v) is 8.96. The average molecular weight is 509 g/mol. The Balaban J connectivity index is 1.21. The molecular weight excluding hydrogens is 478 g/mol. The van der Waals surface area contributed by atoms with E-state index in [1.54, 1.807) is 4.90 Å². The molecule has 0 spiro atoms. The van der Waals surface area contributed by atoms with Gasteiger partial charge >= 0.3 is 0 Å². The van der Waals surface area contributed by atoms with Gasteiger partial charge in [0, 0.05) is 22.6 Å². The summed E-state index contributed by atoms with van der Waals surface area (Å²) in [6, 6.07) is 33.8. The quantitative estimate of drug-likeness (QED) is 0.272. The van der Waals surface area contributed by atoms with Gasteiger partial charge in [0.05, 0.1) is 18.8 Å². The zero-order valence-corrected chi connectivity index (χ0v) is 21.5. The second-order valence-electron chi connectivity index (χ2n) is 10.1. The first-order chi connectivity index (χ1) is 18.2. The normalized spacial score (nSPS) is 22.9. The zero-order chi connectivity index (χ0) is 25.2. The summed E-state index contributed by atoms with van der Waals surface area (Å²) in [5.41, 5.74) is 3.61. The fourth-order valence-corrected chi connectivity index (χ4v) is 6.94. The first-order valence-electron chi connectivity index (χ1n) is 13.0. The molecule has 4 aromatic carbocycles. The number of carboxylic acid groups (broad SMARTS) is 1. The average Bonchev–Trinajstić information content (AvgIpc) is 3.27. The first kappa shape index (κ1) is 24.1. The predicted molar refractivity (Wildman–Crippen MR) is 146 cm³/mol. The van der Waals surface area contributed by atoms with Gasteiger partial charge in [-0.1, -0.05) is 78.9 Å². The zero-order valence-electron chi connectivity index (χ0n) is 20.7. The van der Waals surface area contributed by atoms with E-state index in [1.807, 2.05) is 30.0 Å². The molecule has 0 aromatic heterocycles. The SMILES string of the molecule is O=C([O-])N1C2CCC1C(OCc1ccc3ccccc3c1)C(c1ccc(CSc3ccccc3)cc1)C2. The van der Waals surface area contributed by atoms with Gasteiger partial charge < -0.3 is 19.5 Å². The molecule has 2 heterocycles. The van der Waals surface area contributed by atoms with Crippen LogP contribution in [-0.4, -0.2) is 29.2 Å². The lowest BCUT2D eigenvalue weighted by molar-refractivity contribution is -0.273. The van der Waals surface area contributed by atoms with E-state index >= 15 is 0 Å². The number of piperidine rings is 1. The molecule has 0 radical (unpaired) electrons. The van der Waals surface area contributed by atoms with Crippen LogP contribution in [-0.2, 0) is 17.1 Å². The largest absolute Gasteiger partial charge is 0.530 e. The van der Waals surface area contributed by atoms with Crippen molar-refractivity contribution in [1.29, 1.82) is 0 Å². The summed E-state index contributed by atoms with van der Waals surface area (Å²) in [7, 11) is 0. The maximum absolute atomic E-state index is 12.0. The predicted octanol–water partition coefficient (Wildman–Crippen LogP) is 6.38. The molecule has 0 aliphatic carbocycles. The maximum atomic E-state index is 12.0. The summed E-state index contributed by atoms with van der Waals surface area (Å²) in [6.07, 6.45) is 1.19. The van der Waals surface area contributed by atoms with Gasteiger partial charge in [0.2, 0.25) is 0 Å². The molecule has 2 bridgehead atoms. The molecule has 2 aliphatic rings. The molecule has 4 atom stereocenters. The number of hydrogen-bond donors (Lipinski definition) is 0. The highest BCUT2D eigenvalue weighted by Gasteiger charge is 2.48. The Kier molecular flexibility index (Phi) is 6.90. The van der Waals surface area contributed by atoms with Crippen LogP contribution in [0.3, 0.4) is 0 Å². The number of benzene rings is 4. The number of rotatable bonds is 7. The van der Waals surface area contributed by atoms with Crippen LogP contribution in [0.15, 0.2) is 102 Å². The van der Waals surface area contributed by atoms with E-state index in [-0.39, 0.29) is 24.1 Å². The Morgan fingerprint density at radius 3 is 2.38 bits per heavy atom. The van der Waals surface area contributed by atoms with Gasteiger partial charge in [-0.25, -0.2) is 0 Å². The van der Waals surface area contributed by atoms with E-state index in [9.17, 15) is 9.90 Å². The van der Waals surface area contributed by atoms with E-state index in [4.69, 9.17) is 4.74 Å². The van der Waals surface area contributed by atoms with E-state index in [0.717, 1.165) is 30.6 Å². The van der Waals surface area contributed by atoms with Crippen molar-refractivity contribution in [2.24, 2.45) is 0 Å². The molecule has 188 valence electrons. The number of carbonyl (C=O) groups is 1. The third-order valence-electron chi connectivity index (χ3n) is 7.87. The molecule has 2 aliphatic heterocycles. The van der Waals surface area contributed by atoms with Gasteiger partial charge in [-0.3, -0.25) is 0 Å². The van der Waals surface area contributed by atoms with Crippen LogP contribution in [0.25, 0.3) is 10.8 Å². The molecule has 1 amide bonds. The highest BCUT2D eigenvalue weighted by atomic mass is 32.2. The fourth-order valence-electron chi connectivity index (χ4n) is 6.06. The second-order valence-corrected chi connectivity index (χ2v) is 11.2. The number of carbonyl (C=O) groups excluding carboxylic acids is 1.